The smallest absolute Gasteiger partial charge is 0.253 e. The van der Waals surface area contributed by atoms with Crippen LogP contribution in [-0.2, 0) is 16.4 Å². The molecule has 3 rings (SSSR count). The maximum absolute atomic E-state index is 12.9. The number of halogens is 1. The monoisotopic (exact) mass is 414 g/mol. The molecule has 0 heterocycles. The summed E-state index contributed by atoms with van der Waals surface area (Å²) < 4.78 is 23.2. The van der Waals surface area contributed by atoms with Crippen molar-refractivity contribution >= 4 is 27.5 Å². The first-order chi connectivity index (χ1) is 13.3. The predicted molar refractivity (Wildman–Crippen MR) is 110 cm³/mol. The molecule has 0 aliphatic heterocycles. The second-order valence-electron chi connectivity index (χ2n) is 6.31. The Bertz CT molecular complexity index is 1070. The minimum absolute atomic E-state index is 0.0576. The largest absolute Gasteiger partial charge is 0.345 e. The number of sulfonamides is 1. The van der Waals surface area contributed by atoms with Gasteiger partial charge in [0.05, 0.1) is 21.5 Å². The standard InChI is InChI=1S/C21H19ClN2O3S/c22-19-12-11-17(28(23,26)27)14-18(19)21(25)24-20(16-9-5-2-6-10-16)13-15-7-3-1-4-8-15/h1-12,14,20H,13H2,(H,24,25)(H2,23,26,27)/t20-/m0/s1. The van der Waals surface area contributed by atoms with E-state index < -0.39 is 15.9 Å². The summed E-state index contributed by atoms with van der Waals surface area (Å²) in [5.74, 6) is -0.472. The van der Waals surface area contributed by atoms with Crippen LogP contribution in [0, 0.1) is 0 Å². The SMILES string of the molecule is NS(=O)(=O)c1ccc(Cl)c(C(=O)N[C@@H](Cc2ccccc2)c2ccccc2)c1. The average Bonchev–Trinajstić information content (AvgIpc) is 2.68. The molecule has 3 N–H and O–H groups in total. The van der Waals surface area contributed by atoms with Crippen LogP contribution < -0.4 is 10.5 Å². The summed E-state index contributed by atoms with van der Waals surface area (Å²) in [6.07, 6.45) is 0.573. The van der Waals surface area contributed by atoms with E-state index >= 15 is 0 Å². The zero-order chi connectivity index (χ0) is 20.1. The minimum atomic E-state index is -3.94. The minimum Gasteiger partial charge on any atom is -0.345 e. The summed E-state index contributed by atoms with van der Waals surface area (Å²) in [5, 5.41) is 8.28. The molecule has 3 aromatic carbocycles. The van der Waals surface area contributed by atoms with E-state index in [9.17, 15) is 13.2 Å². The van der Waals surface area contributed by atoms with Gasteiger partial charge in [0.25, 0.3) is 5.91 Å². The number of nitrogens with two attached hydrogens (primary N) is 1. The van der Waals surface area contributed by atoms with Gasteiger partial charge in [0.1, 0.15) is 0 Å². The predicted octanol–water partition coefficient (Wildman–Crippen LogP) is 3.70. The molecule has 0 unspecified atom stereocenters. The van der Waals surface area contributed by atoms with Gasteiger partial charge in [-0.25, -0.2) is 13.6 Å². The van der Waals surface area contributed by atoms with Crippen molar-refractivity contribution < 1.29 is 13.2 Å². The van der Waals surface area contributed by atoms with E-state index in [4.69, 9.17) is 16.7 Å². The van der Waals surface area contributed by atoms with Crippen LogP contribution >= 0.6 is 11.6 Å². The quantitative estimate of drug-likeness (QED) is 0.644. The summed E-state index contributed by atoms with van der Waals surface area (Å²) in [5.41, 5.74) is 2.04. The first kappa shape index (κ1) is 20.1. The van der Waals surface area contributed by atoms with Crippen molar-refractivity contribution in [2.24, 2.45) is 5.14 Å². The van der Waals surface area contributed by atoms with E-state index in [1.54, 1.807) is 0 Å². The molecule has 0 spiro atoms. The zero-order valence-corrected chi connectivity index (χ0v) is 16.5. The van der Waals surface area contributed by atoms with Crippen molar-refractivity contribution in [3.63, 3.8) is 0 Å². The zero-order valence-electron chi connectivity index (χ0n) is 14.9. The summed E-state index contributed by atoms with van der Waals surface area (Å²) in [6.45, 7) is 0. The second-order valence-corrected chi connectivity index (χ2v) is 8.28. The third-order valence-electron chi connectivity index (χ3n) is 4.30. The van der Waals surface area contributed by atoms with Gasteiger partial charge >= 0.3 is 0 Å². The highest BCUT2D eigenvalue weighted by atomic mass is 35.5. The lowest BCUT2D eigenvalue weighted by Gasteiger charge is -2.20. The van der Waals surface area contributed by atoms with Gasteiger partial charge in [0.15, 0.2) is 0 Å². The molecule has 1 atom stereocenters. The maximum Gasteiger partial charge on any atom is 0.253 e. The third-order valence-corrected chi connectivity index (χ3v) is 5.54. The molecule has 5 nitrogen and oxygen atoms in total. The average molecular weight is 415 g/mol. The molecule has 28 heavy (non-hydrogen) atoms. The van der Waals surface area contributed by atoms with Gasteiger partial charge < -0.3 is 5.32 Å². The van der Waals surface area contributed by atoms with Crippen molar-refractivity contribution in [1.29, 1.82) is 0 Å². The molecule has 144 valence electrons. The van der Waals surface area contributed by atoms with Gasteiger partial charge in [0, 0.05) is 0 Å². The summed E-state index contributed by atoms with van der Waals surface area (Å²) in [7, 11) is -3.94. The fourth-order valence-electron chi connectivity index (χ4n) is 2.88. The Hall–Kier alpha value is -2.67. The number of hydrogen-bond donors (Lipinski definition) is 2. The Labute approximate surface area is 169 Å². The van der Waals surface area contributed by atoms with E-state index in [0.29, 0.717) is 6.42 Å². The van der Waals surface area contributed by atoms with Gasteiger partial charge in [-0.3, -0.25) is 4.79 Å². The van der Waals surface area contributed by atoms with Crippen LogP contribution in [0.2, 0.25) is 5.02 Å². The van der Waals surface area contributed by atoms with E-state index in [2.05, 4.69) is 5.32 Å². The molecule has 1 amide bonds. The number of hydrogen-bond acceptors (Lipinski definition) is 3. The van der Waals surface area contributed by atoms with E-state index in [-0.39, 0.29) is 21.5 Å². The summed E-state index contributed by atoms with van der Waals surface area (Å²) in [4.78, 5) is 12.7. The highest BCUT2D eigenvalue weighted by Gasteiger charge is 2.20. The van der Waals surface area contributed by atoms with Crippen LogP contribution in [0.25, 0.3) is 0 Å². The first-order valence-electron chi connectivity index (χ1n) is 8.56. The summed E-state index contributed by atoms with van der Waals surface area (Å²) >= 11 is 6.13. The number of benzene rings is 3. The number of carbonyl (C=O) groups excluding carboxylic acids is 1. The number of rotatable bonds is 6. The van der Waals surface area contributed by atoms with Crippen LogP contribution in [0.1, 0.15) is 27.5 Å². The van der Waals surface area contributed by atoms with Crippen molar-refractivity contribution in [2.75, 3.05) is 0 Å². The van der Waals surface area contributed by atoms with Crippen LogP contribution in [-0.4, -0.2) is 14.3 Å². The molecule has 0 aromatic heterocycles. The van der Waals surface area contributed by atoms with E-state index in [1.807, 2.05) is 60.7 Å². The molecular weight excluding hydrogens is 396 g/mol. The Morgan fingerprint density at radius 3 is 2.18 bits per heavy atom. The Morgan fingerprint density at radius 2 is 1.57 bits per heavy atom. The van der Waals surface area contributed by atoms with Crippen molar-refractivity contribution in [3.8, 4) is 0 Å². The van der Waals surface area contributed by atoms with Gasteiger partial charge in [-0.1, -0.05) is 72.3 Å². The summed E-state index contributed by atoms with van der Waals surface area (Å²) in [6, 6.07) is 22.8. The van der Waals surface area contributed by atoms with Crippen molar-refractivity contribution in [3.05, 3.63) is 101 Å². The number of primary sulfonamides is 1. The normalized spacial score (nSPS) is 12.4. The van der Waals surface area contributed by atoms with Gasteiger partial charge in [-0.2, -0.15) is 0 Å². The van der Waals surface area contributed by atoms with Crippen LogP contribution in [0.4, 0.5) is 0 Å². The van der Waals surface area contributed by atoms with Crippen LogP contribution in [0.5, 0.6) is 0 Å². The lowest BCUT2D eigenvalue weighted by atomic mass is 9.98. The molecule has 0 saturated carbocycles. The molecule has 0 radical (unpaired) electrons. The van der Waals surface area contributed by atoms with Gasteiger partial charge in [0.2, 0.25) is 10.0 Å². The molecule has 0 aliphatic carbocycles. The fraction of sp³-hybridized carbons (Fsp3) is 0.0952. The first-order valence-corrected chi connectivity index (χ1v) is 10.5. The highest BCUT2D eigenvalue weighted by molar-refractivity contribution is 7.89. The second kappa shape index (κ2) is 8.56. The number of nitrogens with one attached hydrogen (secondary N) is 1. The maximum atomic E-state index is 12.9. The van der Waals surface area contributed by atoms with Gasteiger partial charge in [-0.15, -0.1) is 0 Å². The van der Waals surface area contributed by atoms with Crippen LogP contribution in [0.3, 0.4) is 0 Å². The molecule has 0 fully saturated rings. The van der Waals surface area contributed by atoms with E-state index in [1.165, 1.54) is 18.2 Å². The lowest BCUT2D eigenvalue weighted by molar-refractivity contribution is 0.0936. The molecule has 7 heteroatoms. The van der Waals surface area contributed by atoms with E-state index in [0.717, 1.165) is 11.1 Å². The molecular formula is C21H19ClN2O3S. The third kappa shape index (κ3) is 4.98. The number of amides is 1. The molecule has 3 aromatic rings. The van der Waals surface area contributed by atoms with Gasteiger partial charge in [-0.05, 0) is 35.7 Å². The Morgan fingerprint density at radius 1 is 0.964 bits per heavy atom. The van der Waals surface area contributed by atoms with Crippen LogP contribution in [0.15, 0.2) is 83.8 Å². The topological polar surface area (TPSA) is 89.3 Å². The molecule has 0 aliphatic rings. The molecule has 0 saturated heterocycles. The Balaban J connectivity index is 1.91. The highest BCUT2D eigenvalue weighted by Crippen LogP contribution is 2.23. The fourth-order valence-corrected chi connectivity index (χ4v) is 3.62. The van der Waals surface area contributed by atoms with Crippen molar-refractivity contribution in [2.45, 2.75) is 17.4 Å². The molecule has 0 bridgehead atoms. The number of carbonyl (C=O) groups is 1. The van der Waals surface area contributed by atoms with Crippen molar-refractivity contribution in [1.82, 2.24) is 5.32 Å². The Kier molecular flexibility index (Phi) is 6.14. The lowest BCUT2D eigenvalue weighted by Crippen LogP contribution is -2.30.